The molecule has 5 heterocycles. The van der Waals surface area contributed by atoms with Gasteiger partial charge < -0.3 is 14.9 Å². The number of hydrogen-bond acceptors (Lipinski definition) is 6. The predicted molar refractivity (Wildman–Crippen MR) is 150 cm³/mol. The van der Waals surface area contributed by atoms with Gasteiger partial charge in [-0.1, -0.05) is 6.92 Å². The van der Waals surface area contributed by atoms with Gasteiger partial charge in [-0.05, 0) is 73.9 Å². The van der Waals surface area contributed by atoms with Crippen LogP contribution in [0.15, 0.2) is 41.8 Å². The summed E-state index contributed by atoms with van der Waals surface area (Å²) in [5, 5.41) is 16.2. The van der Waals surface area contributed by atoms with E-state index in [2.05, 4.69) is 25.3 Å². The smallest absolute Gasteiger partial charge is 0.308 e. The van der Waals surface area contributed by atoms with Crippen molar-refractivity contribution >= 4 is 34.5 Å². The molecule has 3 aliphatic rings. The van der Waals surface area contributed by atoms with Gasteiger partial charge in [-0.3, -0.25) is 9.59 Å². The highest BCUT2D eigenvalue weighted by molar-refractivity contribution is 7.10. The van der Waals surface area contributed by atoms with Crippen molar-refractivity contribution < 1.29 is 19.1 Å². The Bertz CT molecular complexity index is 1670. The van der Waals surface area contributed by atoms with E-state index < -0.39 is 17.7 Å². The summed E-state index contributed by atoms with van der Waals surface area (Å²) in [6, 6.07) is 10.7. The van der Waals surface area contributed by atoms with Gasteiger partial charge in [-0.15, -0.1) is 11.3 Å². The highest BCUT2D eigenvalue weighted by Gasteiger charge is 2.43. The lowest BCUT2D eigenvalue weighted by Gasteiger charge is -2.33. The molecule has 2 atom stereocenters. The Labute approximate surface area is 235 Å². The van der Waals surface area contributed by atoms with E-state index in [0.29, 0.717) is 54.3 Å². The maximum atomic E-state index is 15.4. The van der Waals surface area contributed by atoms with Crippen LogP contribution in [0.5, 0.6) is 0 Å². The number of carbonyl (C=O) groups excluding carboxylic acids is 1. The predicted octanol–water partition coefficient (Wildman–Crippen LogP) is 5.32. The van der Waals surface area contributed by atoms with Gasteiger partial charge in [0.05, 0.1) is 23.3 Å². The number of aromatic nitrogens is 3. The molecule has 7 rings (SSSR count). The van der Waals surface area contributed by atoms with E-state index in [1.165, 1.54) is 16.5 Å². The van der Waals surface area contributed by atoms with E-state index in [-0.39, 0.29) is 17.4 Å². The van der Waals surface area contributed by atoms with E-state index in [1.54, 1.807) is 28.0 Å². The van der Waals surface area contributed by atoms with Crippen molar-refractivity contribution in [3.05, 3.63) is 69.4 Å². The van der Waals surface area contributed by atoms with Gasteiger partial charge in [0.15, 0.2) is 5.65 Å². The second-order valence-corrected chi connectivity index (χ2v) is 12.5. The first kappa shape index (κ1) is 25.2. The van der Waals surface area contributed by atoms with Crippen LogP contribution in [0.1, 0.15) is 65.8 Å². The van der Waals surface area contributed by atoms with E-state index in [4.69, 9.17) is 10.1 Å². The minimum atomic E-state index is -0.819. The summed E-state index contributed by atoms with van der Waals surface area (Å²) in [7, 11) is 0. The van der Waals surface area contributed by atoms with Crippen molar-refractivity contribution in [2.24, 2.45) is 5.92 Å². The van der Waals surface area contributed by atoms with Crippen LogP contribution in [0.4, 0.5) is 10.1 Å². The first-order valence-electron chi connectivity index (χ1n) is 13.8. The number of carbonyl (C=O) groups is 2. The summed E-state index contributed by atoms with van der Waals surface area (Å²) in [4.78, 5) is 35.0. The molecule has 0 unspecified atom stereocenters. The third kappa shape index (κ3) is 4.08. The summed E-state index contributed by atoms with van der Waals surface area (Å²) >= 11 is 1.74. The van der Waals surface area contributed by atoms with Gasteiger partial charge in [-0.25, -0.2) is 13.9 Å². The third-order valence-electron chi connectivity index (χ3n) is 8.93. The average molecular weight is 560 g/mol. The molecule has 1 amide bonds. The fraction of sp³-hybridized carbons (Fsp3) is 0.400. The Kier molecular flexibility index (Phi) is 5.75. The second-order valence-electron chi connectivity index (χ2n) is 11.5. The van der Waals surface area contributed by atoms with Crippen molar-refractivity contribution in [2.45, 2.75) is 51.0 Å². The third-order valence-corrected chi connectivity index (χ3v) is 9.93. The number of carboxylic acids is 1. The first-order chi connectivity index (χ1) is 19.2. The molecule has 4 aromatic rings. The fourth-order valence-electron chi connectivity index (χ4n) is 6.13. The lowest BCUT2D eigenvalue weighted by molar-refractivity contribution is -0.140. The summed E-state index contributed by atoms with van der Waals surface area (Å²) < 4.78 is 17.2. The Morgan fingerprint density at radius 1 is 1.15 bits per heavy atom. The molecule has 1 N–H and O–H groups in total. The number of carboxylic acid groups (broad SMARTS) is 1. The molecule has 1 aromatic carbocycles. The van der Waals surface area contributed by atoms with Crippen LogP contribution in [-0.2, 0) is 16.6 Å². The molecule has 3 aromatic heterocycles. The normalized spacial score (nSPS) is 21.6. The van der Waals surface area contributed by atoms with E-state index in [1.807, 2.05) is 21.9 Å². The lowest BCUT2D eigenvalue weighted by Crippen LogP contribution is -2.38. The molecule has 1 saturated heterocycles. The number of fused-ring (bicyclic) bond motifs is 2. The molecule has 8 nitrogen and oxygen atoms in total. The summed E-state index contributed by atoms with van der Waals surface area (Å²) in [5.41, 5.74) is 4.40. The van der Waals surface area contributed by atoms with Crippen molar-refractivity contribution in [2.75, 3.05) is 24.5 Å². The highest BCUT2D eigenvalue weighted by atomic mass is 32.1. The van der Waals surface area contributed by atoms with E-state index >= 15 is 4.39 Å². The monoisotopic (exact) mass is 559 g/mol. The van der Waals surface area contributed by atoms with Gasteiger partial charge in [0.25, 0.3) is 5.91 Å². The van der Waals surface area contributed by atoms with E-state index in [0.717, 1.165) is 25.0 Å². The highest BCUT2D eigenvalue weighted by Crippen LogP contribution is 2.48. The Balaban J connectivity index is 1.23. The molecule has 2 aliphatic heterocycles. The number of benzene rings is 1. The van der Waals surface area contributed by atoms with Gasteiger partial charge in [0.1, 0.15) is 11.5 Å². The molecule has 1 saturated carbocycles. The Morgan fingerprint density at radius 2 is 1.98 bits per heavy atom. The van der Waals surface area contributed by atoms with Crippen LogP contribution < -0.4 is 4.90 Å². The number of aliphatic carboxylic acids is 1. The number of anilines is 1. The zero-order chi connectivity index (χ0) is 27.8. The average Bonchev–Trinajstić information content (AvgIpc) is 3.36. The molecular formula is C30H30FN5O3S. The number of halogens is 1. The SMILES string of the molecule is C[C@@H]1c2ccsc2CCN1C(=O)c1cc(C2(C)CC2)n2nc(-c3ccc(N4CC[C@H](C(=O)O)C4)cc3F)cc2n1. The molecule has 2 fully saturated rings. The first-order valence-corrected chi connectivity index (χ1v) is 14.7. The van der Waals surface area contributed by atoms with Crippen molar-refractivity contribution in [3.63, 3.8) is 0 Å². The Morgan fingerprint density at radius 3 is 2.70 bits per heavy atom. The molecule has 206 valence electrons. The molecule has 10 heteroatoms. The molecule has 0 bridgehead atoms. The van der Waals surface area contributed by atoms with Crippen LogP contribution in [0.25, 0.3) is 16.9 Å². The van der Waals surface area contributed by atoms with Crippen LogP contribution in [-0.4, -0.2) is 56.1 Å². The largest absolute Gasteiger partial charge is 0.481 e. The maximum Gasteiger partial charge on any atom is 0.308 e. The van der Waals surface area contributed by atoms with Crippen molar-refractivity contribution in [1.82, 2.24) is 19.5 Å². The van der Waals surface area contributed by atoms with Crippen LogP contribution in [0.2, 0.25) is 0 Å². The number of nitrogens with zero attached hydrogens (tertiary/aromatic N) is 5. The number of amides is 1. The standard InChI is InChI=1S/C30H30FN5O3S/c1-17-20-7-12-40-25(20)6-11-35(17)28(37)24-14-26(30(2)8-9-30)36-27(32-24)15-23(33-36)21-4-3-19(13-22(21)31)34-10-5-18(16-34)29(38)39/h3-4,7,12-15,17-18H,5-6,8-11,16H2,1-2H3,(H,38,39)/t17-,18+/m1/s1. The lowest BCUT2D eigenvalue weighted by atomic mass is 10.00. The molecule has 40 heavy (non-hydrogen) atoms. The van der Waals surface area contributed by atoms with Gasteiger partial charge in [0.2, 0.25) is 0 Å². The summed E-state index contributed by atoms with van der Waals surface area (Å²) in [5.74, 6) is -1.78. The van der Waals surface area contributed by atoms with Crippen LogP contribution >= 0.6 is 11.3 Å². The van der Waals surface area contributed by atoms with Gasteiger partial charge in [-0.2, -0.15) is 5.10 Å². The minimum Gasteiger partial charge on any atom is -0.481 e. The van der Waals surface area contributed by atoms with Crippen LogP contribution in [0.3, 0.4) is 0 Å². The van der Waals surface area contributed by atoms with Crippen LogP contribution in [0, 0.1) is 11.7 Å². The molecular weight excluding hydrogens is 529 g/mol. The molecule has 0 spiro atoms. The minimum absolute atomic E-state index is 0.0186. The zero-order valence-electron chi connectivity index (χ0n) is 22.4. The number of thiophene rings is 1. The number of rotatable bonds is 5. The second kappa shape index (κ2) is 9.12. The van der Waals surface area contributed by atoms with Gasteiger partial charge in [0, 0.05) is 47.2 Å². The number of hydrogen-bond donors (Lipinski definition) is 1. The summed E-state index contributed by atoms with van der Waals surface area (Å²) in [6.45, 7) is 5.83. The zero-order valence-corrected chi connectivity index (χ0v) is 23.2. The Hall–Kier alpha value is -3.79. The summed E-state index contributed by atoms with van der Waals surface area (Å²) in [6.07, 6.45) is 3.37. The topological polar surface area (TPSA) is 91.0 Å². The maximum absolute atomic E-state index is 15.4. The molecule has 0 radical (unpaired) electrons. The van der Waals surface area contributed by atoms with Crippen molar-refractivity contribution in [1.29, 1.82) is 0 Å². The van der Waals surface area contributed by atoms with E-state index in [9.17, 15) is 14.7 Å². The molecule has 1 aliphatic carbocycles. The fourth-order valence-corrected chi connectivity index (χ4v) is 7.09. The van der Waals surface area contributed by atoms with Gasteiger partial charge >= 0.3 is 5.97 Å². The van der Waals surface area contributed by atoms with Crippen molar-refractivity contribution in [3.8, 4) is 11.3 Å². The quantitative estimate of drug-likeness (QED) is 0.356.